The van der Waals surface area contributed by atoms with E-state index in [-0.39, 0.29) is 0 Å². The Morgan fingerprint density at radius 1 is 0.692 bits per heavy atom. The van der Waals surface area contributed by atoms with Gasteiger partial charge in [-0.15, -0.1) is 0 Å². The summed E-state index contributed by atoms with van der Waals surface area (Å²) in [6.07, 6.45) is 0. The van der Waals surface area contributed by atoms with Gasteiger partial charge in [-0.25, -0.2) is 0 Å². The summed E-state index contributed by atoms with van der Waals surface area (Å²) in [5.41, 5.74) is 5.96. The minimum Gasteiger partial charge on any atom is -0.508 e. The van der Waals surface area contributed by atoms with Crippen molar-refractivity contribution in [3.63, 3.8) is 0 Å². The Morgan fingerprint density at radius 2 is 1.04 bits per heavy atom. The van der Waals surface area contributed by atoms with E-state index in [4.69, 9.17) is 0 Å². The second kappa shape index (κ2) is 8.39. The fourth-order valence-electron chi connectivity index (χ4n) is 2.98. The van der Waals surface area contributed by atoms with Crippen molar-refractivity contribution in [2.75, 3.05) is 28.2 Å². The lowest BCUT2D eigenvalue weighted by Crippen LogP contribution is -2.10. The van der Waals surface area contributed by atoms with Crippen molar-refractivity contribution in [2.45, 2.75) is 26.9 Å². The number of benzene rings is 2. The summed E-state index contributed by atoms with van der Waals surface area (Å²) < 4.78 is 0. The van der Waals surface area contributed by atoms with Gasteiger partial charge in [0.25, 0.3) is 0 Å². The first kappa shape index (κ1) is 20.0. The molecule has 0 heterocycles. The van der Waals surface area contributed by atoms with Crippen LogP contribution in [0.5, 0.6) is 11.5 Å². The summed E-state index contributed by atoms with van der Waals surface area (Å²) in [5, 5.41) is 20.6. The van der Waals surface area contributed by atoms with E-state index in [0.717, 1.165) is 33.4 Å². The average molecular weight is 354 g/mol. The van der Waals surface area contributed by atoms with Crippen LogP contribution < -0.4 is 0 Å². The maximum atomic E-state index is 10.3. The van der Waals surface area contributed by atoms with Gasteiger partial charge in [0.15, 0.2) is 0 Å². The van der Waals surface area contributed by atoms with Gasteiger partial charge in [-0.05, 0) is 76.4 Å². The zero-order valence-electron chi connectivity index (χ0n) is 16.7. The summed E-state index contributed by atoms with van der Waals surface area (Å²) in [6, 6.07) is 11.7. The van der Waals surface area contributed by atoms with Crippen LogP contribution in [0.4, 0.5) is 0 Å². The third-order valence-electron chi connectivity index (χ3n) is 4.57. The number of nitrogens with zero attached hydrogens (tertiary/aromatic N) is 2. The Kier molecular flexibility index (Phi) is 6.46. The molecule has 0 aliphatic heterocycles. The Morgan fingerprint density at radius 3 is 1.31 bits per heavy atom. The van der Waals surface area contributed by atoms with Gasteiger partial charge >= 0.3 is 0 Å². The normalized spacial score (nSPS) is 12.6. The van der Waals surface area contributed by atoms with Crippen molar-refractivity contribution < 1.29 is 10.2 Å². The van der Waals surface area contributed by atoms with Crippen LogP contribution >= 0.6 is 0 Å². The molecule has 0 aliphatic carbocycles. The van der Waals surface area contributed by atoms with Crippen molar-refractivity contribution in [1.82, 2.24) is 9.80 Å². The smallest absolute Gasteiger partial charge is 0.120 e. The predicted octanol–water partition coefficient (Wildman–Crippen LogP) is 4.17. The highest BCUT2D eigenvalue weighted by molar-refractivity contribution is 5.89. The van der Waals surface area contributed by atoms with Crippen LogP contribution in [0.1, 0.15) is 36.1 Å². The predicted molar refractivity (Wildman–Crippen MR) is 109 cm³/mol. The number of rotatable bonds is 6. The highest BCUT2D eigenvalue weighted by atomic mass is 16.3. The third kappa shape index (κ3) is 4.87. The van der Waals surface area contributed by atoms with Gasteiger partial charge in [0.05, 0.1) is 0 Å². The maximum Gasteiger partial charge on any atom is 0.120 e. The van der Waals surface area contributed by atoms with Crippen LogP contribution in [0, 0.1) is 0 Å². The first-order chi connectivity index (χ1) is 12.2. The van der Waals surface area contributed by atoms with Crippen molar-refractivity contribution in [3.05, 3.63) is 58.7 Å². The van der Waals surface area contributed by atoms with E-state index in [2.05, 4.69) is 0 Å². The first-order valence-electron chi connectivity index (χ1n) is 8.80. The largest absolute Gasteiger partial charge is 0.508 e. The minimum absolute atomic E-state index is 0.313. The molecule has 140 valence electrons. The molecule has 2 rings (SSSR count). The van der Waals surface area contributed by atoms with Crippen LogP contribution in [0.25, 0.3) is 11.1 Å². The number of phenolic OH excluding ortho intramolecular Hbond substituents is 2. The zero-order valence-corrected chi connectivity index (χ0v) is 16.7. The number of hydrogen-bond acceptors (Lipinski definition) is 4. The molecule has 0 radical (unpaired) electrons. The molecule has 26 heavy (non-hydrogen) atoms. The Labute approximate surface area is 157 Å². The summed E-state index contributed by atoms with van der Waals surface area (Å²) in [5.74, 6) is 0.625. The van der Waals surface area contributed by atoms with Gasteiger partial charge < -0.3 is 20.0 Å². The van der Waals surface area contributed by atoms with Gasteiger partial charge in [0.2, 0.25) is 0 Å². The van der Waals surface area contributed by atoms with E-state index in [9.17, 15) is 10.2 Å². The van der Waals surface area contributed by atoms with Crippen LogP contribution in [-0.2, 0) is 13.1 Å². The molecule has 4 heteroatoms. The fourth-order valence-corrected chi connectivity index (χ4v) is 2.98. The van der Waals surface area contributed by atoms with Gasteiger partial charge in [0, 0.05) is 24.2 Å². The number of hydrogen-bond donors (Lipinski definition) is 2. The standard InChI is InChI=1S/C22H30N2O2/c1-15(17-7-9-19(13-23(3)4)21(25)11-17)16(2)18-8-10-20(14-24(5)6)22(26)12-18/h7-12,25-26H,13-14H2,1-6H3/b16-15-. The number of allylic oxidation sites excluding steroid dienone is 2. The van der Waals surface area contributed by atoms with Gasteiger partial charge in [-0.3, -0.25) is 0 Å². The van der Waals surface area contributed by atoms with Crippen molar-refractivity contribution in [1.29, 1.82) is 0 Å². The highest BCUT2D eigenvalue weighted by Gasteiger charge is 2.10. The molecule has 0 saturated carbocycles. The lowest BCUT2D eigenvalue weighted by Gasteiger charge is -2.15. The second-order valence-corrected chi connectivity index (χ2v) is 7.41. The van der Waals surface area contributed by atoms with Crippen LogP contribution in [0.3, 0.4) is 0 Å². The summed E-state index contributed by atoms with van der Waals surface area (Å²) in [7, 11) is 7.92. The molecular formula is C22H30N2O2. The molecule has 0 saturated heterocycles. The molecular weight excluding hydrogens is 324 g/mol. The summed E-state index contributed by atoms with van der Waals surface area (Å²) in [6.45, 7) is 5.49. The lowest BCUT2D eigenvalue weighted by atomic mass is 9.95. The maximum absolute atomic E-state index is 10.3. The molecule has 0 spiro atoms. The number of aromatic hydroxyl groups is 2. The molecule has 0 amide bonds. The Balaban J connectivity index is 2.34. The first-order valence-corrected chi connectivity index (χ1v) is 8.80. The summed E-state index contributed by atoms with van der Waals surface area (Å²) >= 11 is 0. The second-order valence-electron chi connectivity index (χ2n) is 7.41. The fraction of sp³-hybridized carbons (Fsp3) is 0.364. The van der Waals surface area contributed by atoms with Gasteiger partial charge in [-0.1, -0.05) is 24.3 Å². The topological polar surface area (TPSA) is 46.9 Å². The summed E-state index contributed by atoms with van der Waals surface area (Å²) in [4.78, 5) is 4.06. The Hall–Kier alpha value is -2.30. The van der Waals surface area contributed by atoms with E-state index in [1.165, 1.54) is 0 Å². The zero-order chi connectivity index (χ0) is 19.4. The van der Waals surface area contributed by atoms with Gasteiger partial charge in [0.1, 0.15) is 11.5 Å². The van der Waals surface area contributed by atoms with Gasteiger partial charge in [-0.2, -0.15) is 0 Å². The van der Waals surface area contributed by atoms with E-state index in [1.807, 2.05) is 88.2 Å². The van der Waals surface area contributed by atoms with E-state index in [0.29, 0.717) is 24.6 Å². The van der Waals surface area contributed by atoms with E-state index < -0.39 is 0 Å². The van der Waals surface area contributed by atoms with Crippen molar-refractivity contribution in [3.8, 4) is 11.5 Å². The monoisotopic (exact) mass is 354 g/mol. The quantitative estimate of drug-likeness (QED) is 0.764. The molecule has 0 unspecified atom stereocenters. The molecule has 0 aromatic heterocycles. The van der Waals surface area contributed by atoms with Crippen LogP contribution in [0.15, 0.2) is 36.4 Å². The SMILES string of the molecule is C/C(=C(\C)c1ccc(CN(C)C)c(O)c1)c1ccc(CN(C)C)c(O)c1. The molecule has 0 atom stereocenters. The average Bonchev–Trinajstić information content (AvgIpc) is 2.56. The highest BCUT2D eigenvalue weighted by Crippen LogP contribution is 2.31. The van der Waals surface area contributed by atoms with E-state index >= 15 is 0 Å². The van der Waals surface area contributed by atoms with Crippen LogP contribution in [0.2, 0.25) is 0 Å². The molecule has 0 fully saturated rings. The molecule has 2 N–H and O–H groups in total. The molecule has 2 aromatic carbocycles. The van der Waals surface area contributed by atoms with Crippen molar-refractivity contribution in [2.24, 2.45) is 0 Å². The molecule has 0 bridgehead atoms. The van der Waals surface area contributed by atoms with Crippen LogP contribution in [-0.4, -0.2) is 48.2 Å². The van der Waals surface area contributed by atoms with E-state index in [1.54, 1.807) is 0 Å². The molecule has 0 aliphatic rings. The lowest BCUT2D eigenvalue weighted by molar-refractivity contribution is 0.386. The number of phenols is 2. The third-order valence-corrected chi connectivity index (χ3v) is 4.57. The Bertz CT molecular complexity index is 740. The molecule has 2 aromatic rings. The minimum atomic E-state index is 0.313. The van der Waals surface area contributed by atoms with Crippen molar-refractivity contribution >= 4 is 11.1 Å². The molecule has 4 nitrogen and oxygen atoms in total.